The van der Waals surface area contributed by atoms with Crippen LogP contribution in [0.4, 0.5) is 17.6 Å². The summed E-state index contributed by atoms with van der Waals surface area (Å²) in [5.74, 6) is -7.81. The molecule has 5 nitrogen and oxygen atoms in total. The molecule has 0 unspecified atom stereocenters. The van der Waals surface area contributed by atoms with Crippen molar-refractivity contribution in [1.82, 2.24) is 4.57 Å². The van der Waals surface area contributed by atoms with Crippen molar-refractivity contribution in [2.75, 3.05) is 6.61 Å². The fourth-order valence-electron chi connectivity index (χ4n) is 2.66. The van der Waals surface area contributed by atoms with E-state index in [0.29, 0.717) is 6.07 Å². The van der Waals surface area contributed by atoms with Crippen molar-refractivity contribution >= 4 is 16.9 Å². The number of carboxylic acids is 1. The number of halogens is 4. The second-order valence-corrected chi connectivity index (χ2v) is 5.48. The molecular weight excluding hydrogens is 370 g/mol. The van der Waals surface area contributed by atoms with Gasteiger partial charge in [-0.25, -0.2) is 22.4 Å². The molecule has 1 heterocycles. The summed E-state index contributed by atoms with van der Waals surface area (Å²) in [5, 5.41) is 8.50. The lowest BCUT2D eigenvalue weighted by atomic mass is 10.1. The zero-order valence-electron chi connectivity index (χ0n) is 13.7. The largest absolute Gasteiger partial charge is 0.491 e. The first kappa shape index (κ1) is 18.4. The van der Waals surface area contributed by atoms with Gasteiger partial charge in [-0.2, -0.15) is 0 Å². The number of aromatic carboxylic acids is 1. The predicted molar refractivity (Wildman–Crippen MR) is 87.5 cm³/mol. The molecule has 0 aliphatic rings. The summed E-state index contributed by atoms with van der Waals surface area (Å²) >= 11 is 0. The van der Waals surface area contributed by atoms with Crippen molar-refractivity contribution in [2.45, 2.75) is 6.92 Å². The van der Waals surface area contributed by atoms with Gasteiger partial charge in [-0.3, -0.25) is 4.79 Å². The highest BCUT2D eigenvalue weighted by atomic mass is 19.2. The van der Waals surface area contributed by atoms with Crippen LogP contribution in [0.3, 0.4) is 0 Å². The van der Waals surface area contributed by atoms with Gasteiger partial charge in [0.25, 0.3) is 0 Å². The molecule has 0 aliphatic carbocycles. The number of pyridine rings is 1. The van der Waals surface area contributed by atoms with Crippen LogP contribution in [0.1, 0.15) is 17.3 Å². The third-order valence-corrected chi connectivity index (χ3v) is 3.85. The Balaban J connectivity index is 2.43. The fourth-order valence-corrected chi connectivity index (χ4v) is 2.66. The van der Waals surface area contributed by atoms with Gasteiger partial charge in [0.05, 0.1) is 17.5 Å². The van der Waals surface area contributed by atoms with Crippen molar-refractivity contribution in [3.8, 4) is 11.4 Å². The second kappa shape index (κ2) is 6.75. The number of aromatic nitrogens is 1. The Bertz CT molecular complexity index is 1140. The van der Waals surface area contributed by atoms with Crippen molar-refractivity contribution in [3.05, 3.63) is 69.5 Å². The summed E-state index contributed by atoms with van der Waals surface area (Å²) in [7, 11) is 0. The first-order chi connectivity index (χ1) is 12.8. The van der Waals surface area contributed by atoms with Gasteiger partial charge in [0, 0.05) is 18.0 Å². The SMILES string of the molecule is CCOc1ccc(-n2cc(C(=O)O)c(=O)c3cc(F)c(F)c(F)c32)cc1F. The number of fused-ring (bicyclic) bond motifs is 1. The molecule has 0 spiro atoms. The maximum absolute atomic E-state index is 14.4. The minimum Gasteiger partial charge on any atom is -0.491 e. The zero-order valence-corrected chi connectivity index (χ0v) is 13.7. The van der Waals surface area contributed by atoms with E-state index < -0.39 is 51.1 Å². The number of rotatable bonds is 4. The van der Waals surface area contributed by atoms with Gasteiger partial charge in [0.2, 0.25) is 5.43 Å². The molecule has 0 saturated heterocycles. The second-order valence-electron chi connectivity index (χ2n) is 5.48. The molecule has 27 heavy (non-hydrogen) atoms. The molecule has 3 rings (SSSR count). The molecule has 1 aromatic heterocycles. The van der Waals surface area contributed by atoms with Crippen LogP contribution in [-0.2, 0) is 0 Å². The van der Waals surface area contributed by atoms with E-state index in [1.165, 1.54) is 12.1 Å². The Labute approximate surface area is 149 Å². The molecule has 0 fully saturated rings. The number of hydrogen-bond acceptors (Lipinski definition) is 3. The van der Waals surface area contributed by atoms with Crippen molar-refractivity contribution in [2.24, 2.45) is 0 Å². The molecule has 0 aliphatic heterocycles. The highest BCUT2D eigenvalue weighted by molar-refractivity contribution is 5.93. The summed E-state index contributed by atoms with van der Waals surface area (Å²) in [5.41, 5.74) is -2.85. The lowest BCUT2D eigenvalue weighted by Crippen LogP contribution is -2.20. The summed E-state index contributed by atoms with van der Waals surface area (Å²) in [6.07, 6.45) is 0.725. The Hall–Kier alpha value is -3.36. The number of hydrogen-bond donors (Lipinski definition) is 1. The summed E-state index contributed by atoms with van der Waals surface area (Å²) in [4.78, 5) is 23.6. The Kier molecular flexibility index (Phi) is 4.61. The first-order valence-electron chi connectivity index (χ1n) is 7.65. The van der Waals surface area contributed by atoms with Crippen LogP contribution in [-0.4, -0.2) is 22.2 Å². The molecule has 0 radical (unpaired) electrons. The maximum atomic E-state index is 14.4. The average Bonchev–Trinajstić information content (AvgIpc) is 2.62. The molecule has 0 saturated carbocycles. The molecule has 3 aromatic rings. The van der Waals surface area contributed by atoms with Gasteiger partial charge in [-0.05, 0) is 25.1 Å². The van der Waals surface area contributed by atoms with Gasteiger partial charge in [-0.1, -0.05) is 0 Å². The van der Waals surface area contributed by atoms with Crippen LogP contribution >= 0.6 is 0 Å². The number of carboxylic acid groups (broad SMARTS) is 1. The molecule has 0 amide bonds. The highest BCUT2D eigenvalue weighted by Crippen LogP contribution is 2.27. The predicted octanol–water partition coefficient (Wildman–Crippen LogP) is 3.64. The molecule has 9 heteroatoms. The van der Waals surface area contributed by atoms with Gasteiger partial charge < -0.3 is 14.4 Å². The average molecular weight is 381 g/mol. The van der Waals surface area contributed by atoms with Crippen LogP contribution in [0.5, 0.6) is 5.75 Å². The molecular formula is C18H11F4NO4. The number of benzene rings is 2. The summed E-state index contributed by atoms with van der Waals surface area (Å²) in [6.45, 7) is 1.81. The van der Waals surface area contributed by atoms with Crippen LogP contribution in [0.25, 0.3) is 16.6 Å². The lowest BCUT2D eigenvalue weighted by Gasteiger charge is -2.15. The first-order valence-corrected chi connectivity index (χ1v) is 7.65. The number of nitrogens with zero attached hydrogens (tertiary/aromatic N) is 1. The van der Waals surface area contributed by atoms with Gasteiger partial charge >= 0.3 is 5.97 Å². The lowest BCUT2D eigenvalue weighted by molar-refractivity contribution is 0.0695. The Morgan fingerprint density at radius 3 is 2.41 bits per heavy atom. The van der Waals surface area contributed by atoms with E-state index in [1.807, 2.05) is 0 Å². The smallest absolute Gasteiger partial charge is 0.341 e. The third-order valence-electron chi connectivity index (χ3n) is 3.85. The summed E-state index contributed by atoms with van der Waals surface area (Å²) < 4.78 is 61.6. The van der Waals surface area contributed by atoms with Crippen LogP contribution in [0.2, 0.25) is 0 Å². The molecule has 0 bridgehead atoms. The van der Waals surface area contributed by atoms with E-state index in [2.05, 4.69) is 0 Å². The van der Waals surface area contributed by atoms with Gasteiger partial charge in [-0.15, -0.1) is 0 Å². The minimum absolute atomic E-state index is 0.109. The van der Waals surface area contributed by atoms with E-state index in [0.717, 1.165) is 16.8 Å². The van der Waals surface area contributed by atoms with Crippen molar-refractivity contribution in [1.29, 1.82) is 0 Å². The molecule has 140 valence electrons. The van der Waals surface area contributed by atoms with E-state index in [9.17, 15) is 32.3 Å². The normalized spacial score (nSPS) is 11.0. The summed E-state index contributed by atoms with van der Waals surface area (Å²) in [6, 6.07) is 3.76. The van der Waals surface area contributed by atoms with Crippen LogP contribution in [0.15, 0.2) is 35.3 Å². The van der Waals surface area contributed by atoms with Gasteiger partial charge in [0.1, 0.15) is 5.56 Å². The standard InChI is InChI=1S/C18H11F4NO4/c1-2-27-13-4-3-8(5-11(13)19)23-7-10(18(25)26)17(24)9-6-12(20)14(21)15(22)16(9)23/h3-7H,2H2,1H3,(H,25,26). The topological polar surface area (TPSA) is 68.5 Å². The highest BCUT2D eigenvalue weighted by Gasteiger charge is 2.23. The van der Waals surface area contributed by atoms with E-state index in [4.69, 9.17) is 4.74 Å². The van der Waals surface area contributed by atoms with Crippen molar-refractivity contribution in [3.63, 3.8) is 0 Å². The maximum Gasteiger partial charge on any atom is 0.341 e. The van der Waals surface area contributed by atoms with E-state index in [-0.39, 0.29) is 18.0 Å². The van der Waals surface area contributed by atoms with E-state index >= 15 is 0 Å². The Morgan fingerprint density at radius 2 is 1.81 bits per heavy atom. The molecule has 1 N–H and O–H groups in total. The van der Waals surface area contributed by atoms with E-state index in [1.54, 1.807) is 6.92 Å². The molecule has 0 atom stereocenters. The number of carbonyl (C=O) groups is 1. The minimum atomic E-state index is -1.84. The van der Waals surface area contributed by atoms with Crippen LogP contribution in [0, 0.1) is 23.3 Å². The monoisotopic (exact) mass is 381 g/mol. The van der Waals surface area contributed by atoms with Crippen LogP contribution < -0.4 is 10.2 Å². The zero-order chi connectivity index (χ0) is 19.9. The number of ether oxygens (including phenoxy) is 1. The van der Waals surface area contributed by atoms with Crippen molar-refractivity contribution < 1.29 is 32.2 Å². The third kappa shape index (κ3) is 3.01. The Morgan fingerprint density at radius 1 is 1.11 bits per heavy atom. The quantitative estimate of drug-likeness (QED) is 0.553. The van der Waals surface area contributed by atoms with Gasteiger partial charge in [0.15, 0.2) is 29.0 Å². The fraction of sp³-hybridized carbons (Fsp3) is 0.111. The molecule has 2 aromatic carbocycles.